The quantitative estimate of drug-likeness (QED) is 0.858. The monoisotopic (exact) mass is 245 g/mol. The van der Waals surface area contributed by atoms with Gasteiger partial charge < -0.3 is 5.32 Å². The molecule has 2 rings (SSSR count). The van der Waals surface area contributed by atoms with Crippen LogP contribution in [0, 0.1) is 17.1 Å². The molecule has 7 heteroatoms. The molecule has 2 heterocycles. The third-order valence-corrected chi connectivity index (χ3v) is 2.20. The third-order valence-electron chi connectivity index (χ3n) is 2.20. The fraction of sp³-hybridized carbons (Fsp3) is 0.0909. The predicted molar refractivity (Wildman–Crippen MR) is 60.1 cm³/mol. The van der Waals surface area contributed by atoms with Crippen molar-refractivity contribution >= 4 is 11.7 Å². The van der Waals surface area contributed by atoms with Crippen LogP contribution in [-0.4, -0.2) is 20.7 Å². The second kappa shape index (κ2) is 4.63. The molecule has 0 radical (unpaired) electrons. The van der Waals surface area contributed by atoms with Gasteiger partial charge in [-0.2, -0.15) is 10.4 Å². The van der Waals surface area contributed by atoms with Crippen LogP contribution in [0.1, 0.15) is 15.9 Å². The zero-order valence-corrected chi connectivity index (χ0v) is 9.38. The smallest absolute Gasteiger partial charge is 0.259 e. The van der Waals surface area contributed by atoms with E-state index < -0.39 is 11.7 Å². The van der Waals surface area contributed by atoms with E-state index in [-0.39, 0.29) is 16.9 Å². The molecule has 0 unspecified atom stereocenters. The minimum atomic E-state index is -0.732. The van der Waals surface area contributed by atoms with E-state index in [1.54, 1.807) is 7.05 Å². The number of nitriles is 1. The van der Waals surface area contributed by atoms with Crippen molar-refractivity contribution in [2.75, 3.05) is 5.32 Å². The summed E-state index contributed by atoms with van der Waals surface area (Å²) in [4.78, 5) is 15.3. The minimum absolute atomic E-state index is 0.0983. The highest BCUT2D eigenvalue weighted by molar-refractivity contribution is 6.04. The lowest BCUT2D eigenvalue weighted by Crippen LogP contribution is -2.15. The highest BCUT2D eigenvalue weighted by Gasteiger charge is 2.15. The number of aromatic nitrogens is 3. The van der Waals surface area contributed by atoms with E-state index in [9.17, 15) is 9.18 Å². The highest BCUT2D eigenvalue weighted by Crippen LogP contribution is 2.13. The third kappa shape index (κ3) is 2.17. The Labute approximate surface area is 102 Å². The number of carbonyl (C=O) groups excluding carboxylic acids is 1. The van der Waals surface area contributed by atoms with E-state index >= 15 is 0 Å². The molecule has 0 bridgehead atoms. The van der Waals surface area contributed by atoms with Crippen LogP contribution < -0.4 is 5.32 Å². The number of pyridine rings is 1. The van der Waals surface area contributed by atoms with Crippen LogP contribution in [0.5, 0.6) is 0 Å². The van der Waals surface area contributed by atoms with E-state index in [0.717, 1.165) is 6.20 Å². The molecular weight excluding hydrogens is 237 g/mol. The number of nitrogens with zero attached hydrogens (tertiary/aromatic N) is 4. The van der Waals surface area contributed by atoms with E-state index in [2.05, 4.69) is 15.4 Å². The van der Waals surface area contributed by atoms with Crippen LogP contribution in [0.25, 0.3) is 0 Å². The average Bonchev–Trinajstić information content (AvgIpc) is 2.70. The van der Waals surface area contributed by atoms with Crippen molar-refractivity contribution < 1.29 is 9.18 Å². The molecule has 2 aromatic heterocycles. The van der Waals surface area contributed by atoms with Crippen LogP contribution in [-0.2, 0) is 7.05 Å². The molecule has 0 saturated heterocycles. The molecular formula is C11H8FN5O. The molecule has 0 aliphatic rings. The Morgan fingerprint density at radius 3 is 3.06 bits per heavy atom. The summed E-state index contributed by atoms with van der Waals surface area (Å²) in [6, 6.07) is 3.13. The molecule has 0 fully saturated rings. The highest BCUT2D eigenvalue weighted by atomic mass is 19.1. The van der Waals surface area contributed by atoms with Gasteiger partial charge in [-0.3, -0.25) is 14.5 Å². The molecule has 6 nitrogen and oxygen atoms in total. The minimum Gasteiger partial charge on any atom is -0.304 e. The summed E-state index contributed by atoms with van der Waals surface area (Å²) < 4.78 is 14.7. The van der Waals surface area contributed by atoms with Gasteiger partial charge in [0.2, 0.25) is 0 Å². The number of amides is 1. The lowest BCUT2D eigenvalue weighted by molar-refractivity contribution is 0.102. The Morgan fingerprint density at radius 2 is 2.39 bits per heavy atom. The van der Waals surface area contributed by atoms with Crippen molar-refractivity contribution in [3.8, 4) is 6.07 Å². The van der Waals surface area contributed by atoms with Gasteiger partial charge in [0.05, 0.1) is 11.8 Å². The molecule has 0 spiro atoms. The number of nitrogens with one attached hydrogen (secondary N) is 1. The van der Waals surface area contributed by atoms with Crippen LogP contribution in [0.15, 0.2) is 24.7 Å². The zero-order chi connectivity index (χ0) is 13.1. The van der Waals surface area contributed by atoms with E-state index in [1.165, 1.54) is 23.1 Å². The Balaban J connectivity index is 2.27. The fourth-order valence-electron chi connectivity index (χ4n) is 1.40. The Morgan fingerprint density at radius 1 is 1.61 bits per heavy atom. The SMILES string of the molecule is Cn1cc(C#N)c(NC(=O)c2ccncc2F)n1. The van der Waals surface area contributed by atoms with Crippen LogP contribution in [0.2, 0.25) is 0 Å². The van der Waals surface area contributed by atoms with Crippen molar-refractivity contribution in [3.63, 3.8) is 0 Å². The zero-order valence-electron chi connectivity index (χ0n) is 9.38. The van der Waals surface area contributed by atoms with Crippen molar-refractivity contribution in [3.05, 3.63) is 41.6 Å². The van der Waals surface area contributed by atoms with Gasteiger partial charge in [0.15, 0.2) is 11.6 Å². The van der Waals surface area contributed by atoms with E-state index in [1.807, 2.05) is 6.07 Å². The van der Waals surface area contributed by atoms with Gasteiger partial charge in [0.25, 0.3) is 5.91 Å². The van der Waals surface area contributed by atoms with Crippen molar-refractivity contribution in [2.24, 2.45) is 7.05 Å². The van der Waals surface area contributed by atoms with Gasteiger partial charge in [0.1, 0.15) is 11.6 Å². The molecule has 0 aromatic carbocycles. The van der Waals surface area contributed by atoms with Crippen LogP contribution in [0.3, 0.4) is 0 Å². The first-order valence-electron chi connectivity index (χ1n) is 4.96. The first kappa shape index (κ1) is 11.7. The first-order valence-corrected chi connectivity index (χ1v) is 4.96. The summed E-state index contributed by atoms with van der Waals surface area (Å²) in [7, 11) is 1.61. The molecule has 18 heavy (non-hydrogen) atoms. The molecule has 0 atom stereocenters. The van der Waals surface area contributed by atoms with Crippen LogP contribution in [0.4, 0.5) is 10.2 Å². The maximum absolute atomic E-state index is 13.3. The number of halogens is 1. The van der Waals surface area contributed by atoms with Crippen molar-refractivity contribution in [1.29, 1.82) is 5.26 Å². The van der Waals surface area contributed by atoms with Gasteiger partial charge in [0, 0.05) is 19.4 Å². The molecule has 0 saturated carbocycles. The molecule has 0 aliphatic carbocycles. The number of hydrogen-bond donors (Lipinski definition) is 1. The van der Waals surface area contributed by atoms with E-state index in [4.69, 9.17) is 5.26 Å². The number of anilines is 1. The van der Waals surface area contributed by atoms with Gasteiger partial charge in [-0.25, -0.2) is 4.39 Å². The summed E-state index contributed by atoms with van der Waals surface area (Å²) in [5, 5.41) is 15.1. The number of hydrogen-bond acceptors (Lipinski definition) is 4. The fourth-order valence-corrected chi connectivity index (χ4v) is 1.40. The lowest BCUT2D eigenvalue weighted by Gasteiger charge is -2.02. The summed E-state index contributed by atoms with van der Waals surface area (Å²) in [5.41, 5.74) is 0.0554. The standard InChI is InChI=1S/C11H8FN5O/c1-17-6-7(4-13)10(16-17)15-11(18)8-2-3-14-5-9(8)12/h2-3,5-6H,1H3,(H,15,16,18). The van der Waals surface area contributed by atoms with Gasteiger partial charge in [-0.1, -0.05) is 0 Å². The summed E-state index contributed by atoms with van der Waals surface area (Å²) >= 11 is 0. The second-order valence-electron chi connectivity index (χ2n) is 3.49. The lowest BCUT2D eigenvalue weighted by atomic mass is 10.2. The first-order chi connectivity index (χ1) is 8.61. The molecule has 1 amide bonds. The Hall–Kier alpha value is -2.75. The average molecular weight is 245 g/mol. The molecule has 2 aromatic rings. The van der Waals surface area contributed by atoms with E-state index in [0.29, 0.717) is 0 Å². The summed E-state index contributed by atoms with van der Waals surface area (Å²) in [6.45, 7) is 0. The van der Waals surface area contributed by atoms with Gasteiger partial charge >= 0.3 is 0 Å². The van der Waals surface area contributed by atoms with Crippen molar-refractivity contribution in [1.82, 2.24) is 14.8 Å². The maximum Gasteiger partial charge on any atom is 0.259 e. The van der Waals surface area contributed by atoms with Crippen molar-refractivity contribution in [2.45, 2.75) is 0 Å². The van der Waals surface area contributed by atoms with Gasteiger partial charge in [-0.15, -0.1) is 0 Å². The molecule has 0 aliphatic heterocycles. The normalized spacial score (nSPS) is 9.83. The maximum atomic E-state index is 13.3. The Kier molecular flexibility index (Phi) is 3.02. The predicted octanol–water partition coefficient (Wildman–Crippen LogP) is 1.08. The topological polar surface area (TPSA) is 83.6 Å². The van der Waals surface area contributed by atoms with Gasteiger partial charge in [-0.05, 0) is 6.07 Å². The molecule has 1 N–H and O–H groups in total. The second-order valence-corrected chi connectivity index (χ2v) is 3.49. The number of carbonyl (C=O) groups is 1. The molecule has 90 valence electrons. The Bertz CT molecular complexity index is 643. The number of rotatable bonds is 2. The van der Waals surface area contributed by atoms with Crippen LogP contribution >= 0.6 is 0 Å². The summed E-state index contributed by atoms with van der Waals surface area (Å²) in [5.74, 6) is -1.31. The summed E-state index contributed by atoms with van der Waals surface area (Å²) in [6.07, 6.45) is 3.71. The largest absolute Gasteiger partial charge is 0.304 e. The number of aryl methyl sites for hydroxylation is 1.